The Bertz CT molecular complexity index is 756. The van der Waals surface area contributed by atoms with Gasteiger partial charge in [-0.1, -0.05) is 35.3 Å². The minimum atomic E-state index is -0.603. The summed E-state index contributed by atoms with van der Waals surface area (Å²) in [7, 11) is 0. The maximum absolute atomic E-state index is 12.6. The molecule has 0 radical (unpaired) electrons. The first-order valence-corrected chi connectivity index (χ1v) is 9.78. The van der Waals surface area contributed by atoms with Crippen molar-refractivity contribution >= 4 is 29.1 Å². The van der Waals surface area contributed by atoms with Crippen LogP contribution < -0.4 is 10.1 Å². The third kappa shape index (κ3) is 5.16. The number of amides is 1. The van der Waals surface area contributed by atoms with Crippen LogP contribution >= 0.6 is 23.2 Å². The van der Waals surface area contributed by atoms with E-state index in [9.17, 15) is 4.79 Å². The van der Waals surface area contributed by atoms with E-state index in [1.807, 2.05) is 24.3 Å². The van der Waals surface area contributed by atoms with Crippen molar-refractivity contribution in [3.63, 3.8) is 0 Å². The highest BCUT2D eigenvalue weighted by Gasteiger charge is 2.35. The summed E-state index contributed by atoms with van der Waals surface area (Å²) in [5.74, 6) is 0.463. The first-order valence-electron chi connectivity index (χ1n) is 9.02. The van der Waals surface area contributed by atoms with Gasteiger partial charge in [0.1, 0.15) is 5.75 Å². The number of carbonyl (C=O) groups excluding carboxylic acids is 1. The molecule has 0 saturated carbocycles. The van der Waals surface area contributed by atoms with Crippen molar-refractivity contribution in [2.24, 2.45) is 0 Å². The molecule has 1 unspecified atom stereocenters. The summed E-state index contributed by atoms with van der Waals surface area (Å²) in [4.78, 5) is 12.6. The quantitative estimate of drug-likeness (QED) is 0.759. The van der Waals surface area contributed by atoms with Gasteiger partial charge in [0.2, 0.25) is 0 Å². The Kier molecular flexibility index (Phi) is 6.64. The first kappa shape index (κ1) is 20.0. The average molecular weight is 408 g/mol. The van der Waals surface area contributed by atoms with Crippen LogP contribution in [0, 0.1) is 0 Å². The van der Waals surface area contributed by atoms with Crippen molar-refractivity contribution in [2.45, 2.75) is 31.3 Å². The second-order valence-corrected chi connectivity index (χ2v) is 7.70. The molecule has 1 amide bonds. The van der Waals surface area contributed by atoms with Crippen molar-refractivity contribution in [1.82, 2.24) is 5.32 Å². The van der Waals surface area contributed by atoms with E-state index in [0.717, 1.165) is 12.8 Å². The Morgan fingerprint density at radius 3 is 2.22 bits per heavy atom. The van der Waals surface area contributed by atoms with E-state index in [0.29, 0.717) is 35.6 Å². The van der Waals surface area contributed by atoms with Gasteiger partial charge in [0, 0.05) is 35.2 Å². The highest BCUT2D eigenvalue weighted by Crippen LogP contribution is 2.35. The smallest absolute Gasteiger partial charge is 0.260 e. The van der Waals surface area contributed by atoms with Crippen LogP contribution in [-0.2, 0) is 14.9 Å². The lowest BCUT2D eigenvalue weighted by atomic mass is 9.74. The second kappa shape index (κ2) is 8.96. The molecule has 1 aliphatic heterocycles. The minimum absolute atomic E-state index is 0.148. The Balaban J connectivity index is 1.65. The van der Waals surface area contributed by atoms with Gasteiger partial charge in [0.25, 0.3) is 5.91 Å². The summed E-state index contributed by atoms with van der Waals surface area (Å²) >= 11 is 11.9. The first-order chi connectivity index (χ1) is 13.0. The van der Waals surface area contributed by atoms with Gasteiger partial charge in [-0.3, -0.25) is 4.79 Å². The van der Waals surface area contributed by atoms with Crippen molar-refractivity contribution in [3.05, 3.63) is 64.1 Å². The molecule has 0 aliphatic carbocycles. The van der Waals surface area contributed by atoms with E-state index >= 15 is 0 Å². The fraction of sp³-hybridized carbons (Fsp3) is 0.381. The average Bonchev–Trinajstić information content (AvgIpc) is 2.69. The maximum Gasteiger partial charge on any atom is 0.260 e. The molecular formula is C21H23Cl2NO3. The van der Waals surface area contributed by atoms with Crippen LogP contribution in [-0.4, -0.2) is 31.8 Å². The summed E-state index contributed by atoms with van der Waals surface area (Å²) in [6.45, 7) is 3.62. The lowest BCUT2D eigenvalue weighted by Crippen LogP contribution is -2.47. The van der Waals surface area contributed by atoms with Crippen molar-refractivity contribution in [2.75, 3.05) is 19.8 Å². The topological polar surface area (TPSA) is 47.6 Å². The Morgan fingerprint density at radius 1 is 1.07 bits per heavy atom. The highest BCUT2D eigenvalue weighted by molar-refractivity contribution is 6.30. The fourth-order valence-corrected chi connectivity index (χ4v) is 3.56. The molecule has 0 aromatic heterocycles. The summed E-state index contributed by atoms with van der Waals surface area (Å²) in [6, 6.07) is 14.8. The third-order valence-electron chi connectivity index (χ3n) is 5.00. The molecule has 0 spiro atoms. The van der Waals surface area contributed by atoms with Crippen LogP contribution in [0.1, 0.15) is 25.3 Å². The highest BCUT2D eigenvalue weighted by atomic mass is 35.5. The van der Waals surface area contributed by atoms with E-state index in [2.05, 4.69) is 5.32 Å². The zero-order valence-electron chi connectivity index (χ0n) is 15.2. The standard InChI is InChI=1S/C21H23Cl2NO3/c1-15(27-19-8-6-18(23)7-9-19)20(25)24-14-21(10-12-26-13-11-21)16-2-4-17(22)5-3-16/h2-9,15H,10-14H2,1H3,(H,24,25). The second-order valence-electron chi connectivity index (χ2n) is 6.83. The summed E-state index contributed by atoms with van der Waals surface area (Å²) in [6.07, 6.45) is 1.09. The van der Waals surface area contributed by atoms with Gasteiger partial charge in [0.15, 0.2) is 6.10 Å². The van der Waals surface area contributed by atoms with E-state index in [1.165, 1.54) is 5.56 Å². The SMILES string of the molecule is CC(Oc1ccc(Cl)cc1)C(=O)NCC1(c2ccc(Cl)cc2)CCOCC1. The number of nitrogens with one attached hydrogen (secondary N) is 1. The van der Waals surface area contributed by atoms with Gasteiger partial charge in [-0.05, 0) is 61.7 Å². The lowest BCUT2D eigenvalue weighted by molar-refractivity contribution is -0.127. The van der Waals surface area contributed by atoms with Gasteiger partial charge >= 0.3 is 0 Å². The number of benzene rings is 2. The Labute approximate surface area is 169 Å². The van der Waals surface area contributed by atoms with Crippen LogP contribution in [0.3, 0.4) is 0 Å². The van der Waals surface area contributed by atoms with Gasteiger partial charge < -0.3 is 14.8 Å². The van der Waals surface area contributed by atoms with Crippen LogP contribution in [0.15, 0.2) is 48.5 Å². The lowest BCUT2D eigenvalue weighted by Gasteiger charge is -2.38. The molecule has 1 fully saturated rings. The van der Waals surface area contributed by atoms with E-state index in [1.54, 1.807) is 31.2 Å². The third-order valence-corrected chi connectivity index (χ3v) is 5.51. The molecule has 3 rings (SSSR count). The summed E-state index contributed by atoms with van der Waals surface area (Å²) < 4.78 is 11.3. The molecule has 27 heavy (non-hydrogen) atoms. The molecular weight excluding hydrogens is 385 g/mol. The molecule has 0 bridgehead atoms. The number of hydrogen-bond acceptors (Lipinski definition) is 3. The van der Waals surface area contributed by atoms with E-state index in [-0.39, 0.29) is 11.3 Å². The number of ether oxygens (including phenoxy) is 2. The zero-order chi connectivity index (χ0) is 19.3. The number of carbonyl (C=O) groups is 1. The van der Waals surface area contributed by atoms with Crippen LogP contribution in [0.4, 0.5) is 0 Å². The van der Waals surface area contributed by atoms with Gasteiger partial charge in [-0.15, -0.1) is 0 Å². The van der Waals surface area contributed by atoms with E-state index < -0.39 is 6.10 Å². The largest absolute Gasteiger partial charge is 0.481 e. The number of halogens is 2. The van der Waals surface area contributed by atoms with Crippen LogP contribution in [0.2, 0.25) is 10.0 Å². The van der Waals surface area contributed by atoms with Crippen LogP contribution in [0.25, 0.3) is 0 Å². The molecule has 2 aromatic carbocycles. The van der Waals surface area contributed by atoms with Crippen molar-refractivity contribution in [3.8, 4) is 5.75 Å². The number of rotatable bonds is 6. The molecule has 6 heteroatoms. The van der Waals surface area contributed by atoms with E-state index in [4.69, 9.17) is 32.7 Å². The van der Waals surface area contributed by atoms with Gasteiger partial charge in [0.05, 0.1) is 0 Å². The predicted octanol–water partition coefficient (Wildman–Crippen LogP) is 4.63. The predicted molar refractivity (Wildman–Crippen MR) is 108 cm³/mol. The normalized spacial score (nSPS) is 17.1. The molecule has 144 valence electrons. The van der Waals surface area contributed by atoms with Crippen molar-refractivity contribution < 1.29 is 14.3 Å². The zero-order valence-corrected chi connectivity index (χ0v) is 16.7. The molecule has 1 atom stereocenters. The maximum atomic E-state index is 12.6. The molecule has 1 N–H and O–H groups in total. The molecule has 2 aromatic rings. The van der Waals surface area contributed by atoms with Crippen molar-refractivity contribution in [1.29, 1.82) is 0 Å². The molecule has 1 heterocycles. The number of hydrogen-bond donors (Lipinski definition) is 1. The van der Waals surface area contributed by atoms with Crippen LogP contribution in [0.5, 0.6) is 5.75 Å². The molecule has 4 nitrogen and oxygen atoms in total. The summed E-state index contributed by atoms with van der Waals surface area (Å²) in [5, 5.41) is 4.39. The Hall–Kier alpha value is -1.75. The Morgan fingerprint density at radius 2 is 1.63 bits per heavy atom. The van der Waals surface area contributed by atoms with Gasteiger partial charge in [-0.25, -0.2) is 0 Å². The summed E-state index contributed by atoms with van der Waals surface area (Å²) in [5.41, 5.74) is 1.01. The molecule has 1 saturated heterocycles. The van der Waals surface area contributed by atoms with Gasteiger partial charge in [-0.2, -0.15) is 0 Å². The molecule has 1 aliphatic rings. The fourth-order valence-electron chi connectivity index (χ4n) is 3.30. The monoisotopic (exact) mass is 407 g/mol. The minimum Gasteiger partial charge on any atom is -0.481 e.